The molecule has 4 rings (SSSR count). The van der Waals surface area contributed by atoms with Crippen molar-refractivity contribution >= 4 is 30.9 Å². The Labute approximate surface area is 145 Å². The third-order valence-corrected chi connectivity index (χ3v) is 7.32. The quantitative estimate of drug-likeness (QED) is 0.548. The number of ether oxygens (including phenoxy) is 1. The summed E-state index contributed by atoms with van der Waals surface area (Å²) in [5.74, 6) is -0.820. The number of aromatic nitrogens is 1. The van der Waals surface area contributed by atoms with Gasteiger partial charge in [0.15, 0.2) is 15.6 Å². The fourth-order valence-corrected chi connectivity index (χ4v) is 5.75. The minimum Gasteiger partial charge on any atom is -0.379 e. The second kappa shape index (κ2) is 5.08. The molecule has 0 N–H and O–H groups in total. The van der Waals surface area contributed by atoms with E-state index in [1.54, 1.807) is 0 Å². The van der Waals surface area contributed by atoms with E-state index < -0.39 is 36.6 Å². The van der Waals surface area contributed by atoms with E-state index in [1.165, 1.54) is 6.07 Å². The molecule has 0 radical (unpaired) electrons. The lowest BCUT2D eigenvalue weighted by atomic mass is 9.80. The molecular formula is C14H10F3NO6S2. The Morgan fingerprint density at radius 1 is 1.23 bits per heavy atom. The number of pyridine rings is 1. The molecule has 3 heterocycles. The number of fused-ring (bicyclic) bond motifs is 3. The molecule has 0 amide bonds. The lowest BCUT2D eigenvalue weighted by molar-refractivity contribution is -0.0499. The van der Waals surface area contributed by atoms with Crippen molar-refractivity contribution < 1.29 is 38.9 Å². The summed E-state index contributed by atoms with van der Waals surface area (Å²) in [5.41, 5.74) is -5.71. The molecule has 1 fully saturated rings. The monoisotopic (exact) mass is 409 g/mol. The maximum atomic E-state index is 12.6. The molecular weight excluding hydrogens is 399 g/mol. The van der Waals surface area contributed by atoms with Gasteiger partial charge in [-0.05, 0) is 17.7 Å². The van der Waals surface area contributed by atoms with E-state index in [2.05, 4.69) is 9.17 Å². The summed E-state index contributed by atoms with van der Waals surface area (Å²) >= 11 is 0. The van der Waals surface area contributed by atoms with E-state index >= 15 is 0 Å². The summed E-state index contributed by atoms with van der Waals surface area (Å²) in [4.78, 5) is 3.92. The first-order valence-corrected chi connectivity index (χ1v) is 10.3. The summed E-state index contributed by atoms with van der Waals surface area (Å²) < 4.78 is 94.5. The Morgan fingerprint density at radius 2 is 1.92 bits per heavy atom. The van der Waals surface area contributed by atoms with Gasteiger partial charge >= 0.3 is 15.6 Å². The minimum absolute atomic E-state index is 0.0736. The van der Waals surface area contributed by atoms with E-state index in [0.29, 0.717) is 5.56 Å². The maximum absolute atomic E-state index is 12.6. The second-order valence-electron chi connectivity index (χ2n) is 6.19. The lowest BCUT2D eigenvalue weighted by Gasteiger charge is -2.37. The molecule has 1 aromatic carbocycles. The van der Waals surface area contributed by atoms with Gasteiger partial charge in [0.1, 0.15) is 0 Å². The Bertz CT molecular complexity index is 1140. The normalized spacial score (nSPS) is 20.7. The molecule has 140 valence electrons. The van der Waals surface area contributed by atoms with Crippen molar-refractivity contribution in [2.45, 2.75) is 15.8 Å². The van der Waals surface area contributed by atoms with Crippen molar-refractivity contribution in [1.29, 1.82) is 0 Å². The standard InChI is InChI=1S/C14H10F3NO6S2/c15-14(16,17)26(21,22)24-11-1-2-18-10-4-9-12(3-8(10)11)25(19,20)7-13(9)5-23-6-13/h1-4H,5-7H2. The third-order valence-electron chi connectivity index (χ3n) is 4.42. The van der Waals surface area contributed by atoms with Gasteiger partial charge in [0.25, 0.3) is 0 Å². The van der Waals surface area contributed by atoms with Gasteiger partial charge in [-0.3, -0.25) is 4.98 Å². The zero-order valence-corrected chi connectivity index (χ0v) is 14.4. The predicted octanol–water partition coefficient (Wildman–Crippen LogP) is 1.52. The SMILES string of the molecule is O=S1(=O)CC2(COC2)c2cc3nccc(OS(=O)(=O)C(F)(F)F)c3cc21. The van der Waals surface area contributed by atoms with Crippen LogP contribution in [0.3, 0.4) is 0 Å². The summed E-state index contributed by atoms with van der Waals surface area (Å²) in [6, 6.07) is 3.48. The average Bonchev–Trinajstić information content (AvgIpc) is 2.72. The van der Waals surface area contributed by atoms with E-state index in [1.807, 2.05) is 0 Å². The number of rotatable bonds is 2. The highest BCUT2D eigenvalue weighted by Gasteiger charge is 2.53. The largest absolute Gasteiger partial charge is 0.534 e. The Morgan fingerprint density at radius 3 is 2.50 bits per heavy atom. The van der Waals surface area contributed by atoms with Crippen LogP contribution >= 0.6 is 0 Å². The number of nitrogens with zero attached hydrogens (tertiary/aromatic N) is 1. The molecule has 0 atom stereocenters. The van der Waals surface area contributed by atoms with E-state index in [0.717, 1.165) is 18.3 Å². The highest BCUT2D eigenvalue weighted by Crippen LogP contribution is 2.46. The van der Waals surface area contributed by atoms with Crippen molar-refractivity contribution in [1.82, 2.24) is 4.98 Å². The first-order valence-electron chi connectivity index (χ1n) is 7.20. The molecule has 1 saturated heterocycles. The molecule has 2 aliphatic rings. The average molecular weight is 409 g/mol. The van der Waals surface area contributed by atoms with Crippen molar-refractivity contribution in [2.75, 3.05) is 19.0 Å². The smallest absolute Gasteiger partial charge is 0.379 e. The first kappa shape index (κ1) is 17.5. The molecule has 26 heavy (non-hydrogen) atoms. The van der Waals surface area contributed by atoms with Crippen LogP contribution in [-0.4, -0.2) is 46.3 Å². The zero-order valence-electron chi connectivity index (χ0n) is 12.8. The first-order chi connectivity index (χ1) is 12.0. The van der Waals surface area contributed by atoms with Gasteiger partial charge in [-0.1, -0.05) is 0 Å². The van der Waals surface area contributed by atoms with Gasteiger partial charge in [0.05, 0.1) is 34.8 Å². The van der Waals surface area contributed by atoms with E-state index in [9.17, 15) is 30.0 Å². The summed E-state index contributed by atoms with van der Waals surface area (Å²) in [6.45, 7) is 0.423. The minimum atomic E-state index is -5.90. The molecule has 0 unspecified atom stereocenters. The molecule has 0 aliphatic carbocycles. The molecule has 2 aromatic rings. The zero-order chi connectivity index (χ0) is 19.0. The second-order valence-corrected chi connectivity index (χ2v) is 9.69. The molecule has 1 aromatic heterocycles. The summed E-state index contributed by atoms with van der Waals surface area (Å²) in [6.07, 6.45) is 1.09. The number of hydrogen-bond acceptors (Lipinski definition) is 7. The molecule has 0 bridgehead atoms. The van der Waals surface area contributed by atoms with Crippen LogP contribution in [0.15, 0.2) is 29.3 Å². The molecule has 7 nitrogen and oxygen atoms in total. The Balaban J connectivity index is 1.92. The highest BCUT2D eigenvalue weighted by atomic mass is 32.2. The van der Waals surface area contributed by atoms with Crippen molar-refractivity contribution in [3.63, 3.8) is 0 Å². The predicted molar refractivity (Wildman–Crippen MR) is 81.9 cm³/mol. The van der Waals surface area contributed by atoms with Gasteiger partial charge in [-0.2, -0.15) is 21.6 Å². The van der Waals surface area contributed by atoms with Crippen LogP contribution in [0.4, 0.5) is 13.2 Å². The number of halogens is 3. The van der Waals surface area contributed by atoms with Crippen LogP contribution in [-0.2, 0) is 30.1 Å². The Kier molecular flexibility index (Phi) is 3.42. The van der Waals surface area contributed by atoms with Gasteiger partial charge in [-0.15, -0.1) is 0 Å². The van der Waals surface area contributed by atoms with Crippen LogP contribution in [0, 0.1) is 0 Å². The fourth-order valence-electron chi connectivity index (χ4n) is 3.16. The van der Waals surface area contributed by atoms with Gasteiger partial charge < -0.3 is 8.92 Å². The van der Waals surface area contributed by atoms with Crippen LogP contribution in [0.5, 0.6) is 5.75 Å². The van der Waals surface area contributed by atoms with E-state index in [4.69, 9.17) is 4.74 Å². The molecule has 1 spiro atoms. The van der Waals surface area contributed by atoms with Crippen LogP contribution in [0.1, 0.15) is 5.56 Å². The third kappa shape index (κ3) is 2.39. The topological polar surface area (TPSA) is 99.6 Å². The van der Waals surface area contributed by atoms with Crippen LogP contribution < -0.4 is 4.18 Å². The van der Waals surface area contributed by atoms with Crippen LogP contribution in [0.2, 0.25) is 0 Å². The van der Waals surface area contributed by atoms with Crippen LogP contribution in [0.25, 0.3) is 10.9 Å². The van der Waals surface area contributed by atoms with E-state index in [-0.39, 0.29) is 34.8 Å². The van der Waals surface area contributed by atoms with Gasteiger partial charge in [0.2, 0.25) is 0 Å². The van der Waals surface area contributed by atoms with Crippen molar-refractivity contribution in [2.24, 2.45) is 0 Å². The van der Waals surface area contributed by atoms with Gasteiger partial charge in [-0.25, -0.2) is 8.42 Å². The lowest BCUT2D eigenvalue weighted by Crippen LogP contribution is -2.48. The number of benzene rings is 1. The summed E-state index contributed by atoms with van der Waals surface area (Å²) in [7, 11) is -9.59. The molecule has 2 aliphatic heterocycles. The Hall–Kier alpha value is -1.92. The highest BCUT2D eigenvalue weighted by molar-refractivity contribution is 7.91. The number of alkyl halides is 3. The van der Waals surface area contributed by atoms with Crippen molar-refractivity contribution in [3.05, 3.63) is 30.0 Å². The maximum Gasteiger partial charge on any atom is 0.534 e. The van der Waals surface area contributed by atoms with Gasteiger partial charge in [0, 0.05) is 17.6 Å². The fraction of sp³-hybridized carbons (Fsp3) is 0.357. The van der Waals surface area contributed by atoms with Crippen molar-refractivity contribution in [3.8, 4) is 5.75 Å². The number of sulfone groups is 1. The molecule has 12 heteroatoms. The summed E-state index contributed by atoms with van der Waals surface area (Å²) in [5, 5.41) is -0.139. The number of hydrogen-bond donors (Lipinski definition) is 0. The molecule has 0 saturated carbocycles.